The molecule has 1 aromatic carbocycles. The third-order valence-electron chi connectivity index (χ3n) is 7.46. The Labute approximate surface area is 233 Å². The molecule has 10 heteroatoms. The molecule has 10 nitrogen and oxygen atoms in total. The predicted octanol–water partition coefficient (Wildman–Crippen LogP) is 1.15. The van der Waals surface area contributed by atoms with Crippen LogP contribution in [0.25, 0.3) is 0 Å². The van der Waals surface area contributed by atoms with Crippen molar-refractivity contribution >= 4 is 17.7 Å². The number of carbonyl (C=O) groups excluding carboxylic acids is 3. The number of fused-ring (bicyclic) bond motifs is 1. The van der Waals surface area contributed by atoms with Gasteiger partial charge in [-0.25, -0.2) is 0 Å². The zero-order valence-electron chi connectivity index (χ0n) is 24.3. The molecule has 0 bridgehead atoms. The second-order valence-corrected chi connectivity index (χ2v) is 12.1. The lowest BCUT2D eigenvalue weighted by atomic mass is 9.92. The molecule has 3 amide bonds. The number of piperazine rings is 1. The van der Waals surface area contributed by atoms with Crippen molar-refractivity contribution in [1.29, 1.82) is 0 Å². The molecular formula is C29H48N5O5+. The first-order chi connectivity index (χ1) is 18.5. The number of amides is 3. The molecule has 0 spiro atoms. The summed E-state index contributed by atoms with van der Waals surface area (Å²) in [5, 5.41) is 15.2. The summed E-state index contributed by atoms with van der Waals surface area (Å²) in [4.78, 5) is 44.3. The van der Waals surface area contributed by atoms with E-state index in [0.29, 0.717) is 18.7 Å². The number of quaternary nitrogens is 1. The number of unbranched alkanes of at least 4 members (excludes halogenated alkanes) is 2. The van der Waals surface area contributed by atoms with Crippen molar-refractivity contribution in [3.8, 4) is 5.75 Å². The summed E-state index contributed by atoms with van der Waals surface area (Å²) in [7, 11) is 10.5. The number of hydrogen-bond acceptors (Lipinski definition) is 6. The number of ether oxygens (including phenoxy) is 1. The molecule has 2 heterocycles. The van der Waals surface area contributed by atoms with Gasteiger partial charge in [-0.3, -0.25) is 14.4 Å². The van der Waals surface area contributed by atoms with Gasteiger partial charge in [-0.1, -0.05) is 12.1 Å². The smallest absolute Gasteiger partial charge is 0.246 e. The highest BCUT2D eigenvalue weighted by molar-refractivity contribution is 5.99. The molecule has 3 N–H and O–H groups in total. The van der Waals surface area contributed by atoms with Crippen LogP contribution >= 0.6 is 0 Å². The van der Waals surface area contributed by atoms with Crippen molar-refractivity contribution < 1.29 is 28.7 Å². The lowest BCUT2D eigenvalue weighted by molar-refractivity contribution is -0.870. The Hall–Kier alpha value is -2.69. The number of benzene rings is 1. The zero-order chi connectivity index (χ0) is 28.6. The fourth-order valence-electron chi connectivity index (χ4n) is 5.53. The van der Waals surface area contributed by atoms with Gasteiger partial charge in [0.1, 0.15) is 24.4 Å². The number of hydrogen-bond donors (Lipinski definition) is 3. The first-order valence-electron chi connectivity index (χ1n) is 14.2. The van der Waals surface area contributed by atoms with Gasteiger partial charge in [-0.15, -0.1) is 0 Å². The van der Waals surface area contributed by atoms with Crippen LogP contribution in [0.1, 0.15) is 50.1 Å². The molecule has 2 aliphatic heterocycles. The maximum absolute atomic E-state index is 13.8. The Morgan fingerprint density at radius 3 is 2.64 bits per heavy atom. The van der Waals surface area contributed by atoms with E-state index in [1.807, 2.05) is 32.3 Å². The molecule has 0 aliphatic carbocycles. The van der Waals surface area contributed by atoms with Crippen LogP contribution in [-0.2, 0) is 14.4 Å². The minimum absolute atomic E-state index is 0.116. The predicted molar refractivity (Wildman–Crippen MR) is 150 cm³/mol. The molecule has 0 unspecified atom stereocenters. The summed E-state index contributed by atoms with van der Waals surface area (Å²) in [6.07, 6.45) is 4.46. The summed E-state index contributed by atoms with van der Waals surface area (Å²) in [6, 6.07) is 5.46. The van der Waals surface area contributed by atoms with Gasteiger partial charge in [0.25, 0.3) is 0 Å². The van der Waals surface area contributed by atoms with Crippen molar-refractivity contribution in [3.63, 3.8) is 0 Å². The quantitative estimate of drug-likeness (QED) is 0.225. The summed E-state index contributed by atoms with van der Waals surface area (Å²) in [6.45, 7) is 2.52. The van der Waals surface area contributed by atoms with Crippen molar-refractivity contribution in [2.75, 3.05) is 68.1 Å². The van der Waals surface area contributed by atoms with Gasteiger partial charge >= 0.3 is 0 Å². The normalized spacial score (nSPS) is 23.1. The number of aliphatic hydroxyl groups excluding tert-OH is 1. The van der Waals surface area contributed by atoms with Crippen LogP contribution in [0, 0.1) is 5.92 Å². The molecule has 2 saturated heterocycles. The summed E-state index contributed by atoms with van der Waals surface area (Å²) in [5.41, 5.74) is 0.757. The number of carbonyl (C=O) groups is 3. The second kappa shape index (κ2) is 14.1. The SMILES string of the molecule is CN(C)CCCCNC(=O)[C@H]1C[C@H]2C(=O)N[C@@H](CCCC[N+](C)(C)C)C(=O)N2[C@H]1c1cccc(OCCO)c1. The van der Waals surface area contributed by atoms with E-state index in [2.05, 4.69) is 36.7 Å². The summed E-state index contributed by atoms with van der Waals surface area (Å²) >= 11 is 0. The van der Waals surface area contributed by atoms with Gasteiger partial charge in [0, 0.05) is 6.54 Å². The van der Waals surface area contributed by atoms with Crippen molar-refractivity contribution in [3.05, 3.63) is 29.8 Å². The molecule has 3 rings (SSSR count). The van der Waals surface area contributed by atoms with Crippen LogP contribution in [0.4, 0.5) is 0 Å². The third kappa shape index (κ3) is 8.65. The Morgan fingerprint density at radius 2 is 1.95 bits per heavy atom. The van der Waals surface area contributed by atoms with E-state index in [1.165, 1.54) is 0 Å². The average Bonchev–Trinajstić information content (AvgIpc) is 3.29. The van der Waals surface area contributed by atoms with Gasteiger partial charge in [0.05, 0.1) is 46.3 Å². The molecule has 0 saturated carbocycles. The largest absolute Gasteiger partial charge is 0.491 e. The van der Waals surface area contributed by atoms with Crippen molar-refractivity contribution in [2.45, 2.75) is 56.7 Å². The monoisotopic (exact) mass is 546 g/mol. The van der Waals surface area contributed by atoms with Crippen LogP contribution in [0.5, 0.6) is 5.75 Å². The van der Waals surface area contributed by atoms with Crippen molar-refractivity contribution in [2.24, 2.45) is 5.92 Å². The maximum Gasteiger partial charge on any atom is 0.246 e. The van der Waals surface area contributed by atoms with E-state index >= 15 is 0 Å². The van der Waals surface area contributed by atoms with Crippen LogP contribution in [-0.4, -0.2) is 117 Å². The van der Waals surface area contributed by atoms with Gasteiger partial charge < -0.3 is 34.8 Å². The van der Waals surface area contributed by atoms with Gasteiger partial charge in [-0.2, -0.15) is 0 Å². The van der Waals surface area contributed by atoms with E-state index in [9.17, 15) is 19.5 Å². The Balaban J connectivity index is 1.80. The zero-order valence-corrected chi connectivity index (χ0v) is 24.3. The third-order valence-corrected chi connectivity index (χ3v) is 7.46. The highest BCUT2D eigenvalue weighted by atomic mass is 16.5. The second-order valence-electron chi connectivity index (χ2n) is 12.1. The maximum atomic E-state index is 13.8. The number of aliphatic hydroxyl groups is 1. The van der Waals surface area contributed by atoms with Crippen LogP contribution in [0.3, 0.4) is 0 Å². The van der Waals surface area contributed by atoms with Gasteiger partial charge in [-0.05, 0) is 76.9 Å². The Bertz CT molecular complexity index is 979. The first-order valence-corrected chi connectivity index (χ1v) is 14.2. The van der Waals surface area contributed by atoms with Crippen molar-refractivity contribution in [1.82, 2.24) is 20.4 Å². The van der Waals surface area contributed by atoms with Crippen LogP contribution in [0.15, 0.2) is 24.3 Å². The summed E-state index contributed by atoms with van der Waals surface area (Å²) < 4.78 is 6.47. The molecule has 4 atom stereocenters. The molecule has 39 heavy (non-hydrogen) atoms. The average molecular weight is 547 g/mol. The molecular weight excluding hydrogens is 498 g/mol. The first kappa shape index (κ1) is 30.8. The summed E-state index contributed by atoms with van der Waals surface area (Å²) in [5.74, 6) is -0.453. The van der Waals surface area contributed by atoms with E-state index < -0.39 is 24.0 Å². The van der Waals surface area contributed by atoms with Crippen LogP contribution < -0.4 is 15.4 Å². The van der Waals surface area contributed by atoms with E-state index in [0.717, 1.165) is 48.8 Å². The molecule has 218 valence electrons. The van der Waals surface area contributed by atoms with Crippen LogP contribution in [0.2, 0.25) is 0 Å². The number of rotatable bonds is 15. The fourth-order valence-corrected chi connectivity index (χ4v) is 5.53. The topological polar surface area (TPSA) is 111 Å². The molecule has 2 aliphatic rings. The van der Waals surface area contributed by atoms with Gasteiger partial charge in [0.15, 0.2) is 0 Å². The number of nitrogens with one attached hydrogen (secondary N) is 2. The highest BCUT2D eigenvalue weighted by Crippen LogP contribution is 2.44. The van der Waals surface area contributed by atoms with E-state index in [4.69, 9.17) is 4.74 Å². The van der Waals surface area contributed by atoms with Gasteiger partial charge in [0.2, 0.25) is 17.7 Å². The van der Waals surface area contributed by atoms with E-state index in [1.54, 1.807) is 11.0 Å². The highest BCUT2D eigenvalue weighted by Gasteiger charge is 2.54. The minimum Gasteiger partial charge on any atom is -0.491 e. The standard InChI is InChI=1S/C29H47N5O5/c1-32(2)15-8-7-14-30-27(36)23-20-25-28(37)31-24(13-6-9-16-34(3,4)5)29(38)33(25)26(23)21-11-10-12-22(19-21)39-18-17-35/h10-12,19,23-26,35H,6-9,13-18,20H2,1-5H3,(H-,30,31,36,37)/p+1/t23-,24-,25-,26-/m0/s1. The van der Waals surface area contributed by atoms with E-state index in [-0.39, 0.29) is 37.4 Å². The molecule has 0 aromatic heterocycles. The lowest BCUT2D eigenvalue weighted by Crippen LogP contribution is -2.61. The Kier molecular flexibility index (Phi) is 11.1. The number of nitrogens with zero attached hydrogens (tertiary/aromatic N) is 3. The lowest BCUT2D eigenvalue weighted by Gasteiger charge is -2.38. The molecule has 0 radical (unpaired) electrons. The molecule has 1 aromatic rings. The minimum atomic E-state index is -0.684. The fraction of sp³-hybridized carbons (Fsp3) is 0.690. The molecule has 2 fully saturated rings. The Morgan fingerprint density at radius 1 is 1.18 bits per heavy atom.